The lowest BCUT2D eigenvalue weighted by atomic mass is 10.3. The summed E-state index contributed by atoms with van der Waals surface area (Å²) in [5.74, 6) is -0.217. The number of thiophene rings is 1. The molecule has 1 aromatic rings. The van der Waals surface area contributed by atoms with Gasteiger partial charge in [0.1, 0.15) is 4.21 Å². The summed E-state index contributed by atoms with van der Waals surface area (Å²) in [6, 6.07) is 2.52. The number of aryl methyl sites for hydroxylation is 1. The molecule has 6 nitrogen and oxygen atoms in total. The Morgan fingerprint density at radius 1 is 1.40 bits per heavy atom. The maximum atomic E-state index is 12.2. The highest BCUT2D eigenvalue weighted by atomic mass is 32.2. The third-order valence-electron chi connectivity index (χ3n) is 3.01. The Hall–Kier alpha value is -0.960. The van der Waals surface area contributed by atoms with Crippen LogP contribution in [0.4, 0.5) is 0 Å². The molecule has 1 aliphatic heterocycles. The molecular weight excluding hydrogens is 300 g/mol. The lowest BCUT2D eigenvalue weighted by molar-refractivity contribution is -0.136. The Morgan fingerprint density at radius 3 is 2.60 bits per heavy atom. The van der Waals surface area contributed by atoms with E-state index in [0.29, 0.717) is 26.3 Å². The maximum Gasteiger partial charge on any atom is 0.250 e. The van der Waals surface area contributed by atoms with E-state index in [0.717, 1.165) is 4.88 Å². The molecular formula is C12H18N2O4S2. The summed E-state index contributed by atoms with van der Waals surface area (Å²) in [6.07, 6.45) is 0. The van der Waals surface area contributed by atoms with Crippen LogP contribution in [0.15, 0.2) is 16.3 Å². The average molecular weight is 318 g/mol. The molecule has 20 heavy (non-hydrogen) atoms. The van der Waals surface area contributed by atoms with Crippen molar-refractivity contribution in [3.05, 3.63) is 17.0 Å². The summed E-state index contributed by atoms with van der Waals surface area (Å²) in [5.41, 5.74) is 0. The van der Waals surface area contributed by atoms with Gasteiger partial charge >= 0.3 is 0 Å². The van der Waals surface area contributed by atoms with Crippen LogP contribution in [0.2, 0.25) is 0 Å². The number of amides is 1. The van der Waals surface area contributed by atoms with Gasteiger partial charge < -0.3 is 9.64 Å². The van der Waals surface area contributed by atoms with Gasteiger partial charge in [0, 0.05) is 18.0 Å². The number of ether oxygens (including phenoxy) is 1. The molecule has 0 saturated carbocycles. The molecule has 1 unspecified atom stereocenters. The minimum Gasteiger partial charge on any atom is -0.378 e. The Kier molecular flexibility index (Phi) is 4.79. The van der Waals surface area contributed by atoms with Crippen molar-refractivity contribution in [3.8, 4) is 0 Å². The number of carbonyl (C=O) groups excluding carboxylic acids is 1. The van der Waals surface area contributed by atoms with E-state index in [4.69, 9.17) is 4.74 Å². The van der Waals surface area contributed by atoms with Crippen LogP contribution in [-0.2, 0) is 19.6 Å². The van der Waals surface area contributed by atoms with Crippen molar-refractivity contribution >= 4 is 27.3 Å². The van der Waals surface area contributed by atoms with E-state index in [9.17, 15) is 13.2 Å². The molecule has 1 atom stereocenters. The lowest BCUT2D eigenvalue weighted by Gasteiger charge is -2.29. The summed E-state index contributed by atoms with van der Waals surface area (Å²) >= 11 is 1.19. The molecule has 0 bridgehead atoms. The molecule has 8 heteroatoms. The molecule has 0 aliphatic carbocycles. The summed E-state index contributed by atoms with van der Waals surface area (Å²) in [7, 11) is -3.63. The number of rotatable bonds is 4. The monoisotopic (exact) mass is 318 g/mol. The molecule has 1 fully saturated rings. The van der Waals surface area contributed by atoms with Crippen LogP contribution in [0.1, 0.15) is 11.8 Å². The van der Waals surface area contributed by atoms with Crippen LogP contribution < -0.4 is 4.72 Å². The first-order valence-corrected chi connectivity index (χ1v) is 8.65. The van der Waals surface area contributed by atoms with Crippen LogP contribution in [0.25, 0.3) is 0 Å². The van der Waals surface area contributed by atoms with Crippen molar-refractivity contribution < 1.29 is 17.9 Å². The molecule has 1 aliphatic rings. The van der Waals surface area contributed by atoms with E-state index in [1.165, 1.54) is 11.3 Å². The van der Waals surface area contributed by atoms with Gasteiger partial charge in [-0.3, -0.25) is 4.79 Å². The molecule has 2 heterocycles. The second-order valence-corrected chi connectivity index (χ2v) is 7.87. The van der Waals surface area contributed by atoms with Crippen LogP contribution in [0.3, 0.4) is 0 Å². The zero-order chi connectivity index (χ0) is 14.8. The molecule has 0 radical (unpaired) electrons. The topological polar surface area (TPSA) is 75.7 Å². The molecule has 1 aromatic heterocycles. The quantitative estimate of drug-likeness (QED) is 0.881. The summed E-state index contributed by atoms with van der Waals surface area (Å²) in [5, 5.41) is 0. The summed E-state index contributed by atoms with van der Waals surface area (Å²) in [4.78, 5) is 14.7. The van der Waals surface area contributed by atoms with Gasteiger partial charge in [-0.25, -0.2) is 8.42 Å². The van der Waals surface area contributed by atoms with E-state index in [-0.39, 0.29) is 10.1 Å². The smallest absolute Gasteiger partial charge is 0.250 e. The fourth-order valence-electron chi connectivity index (χ4n) is 1.96. The normalized spacial score (nSPS) is 18.0. The highest BCUT2D eigenvalue weighted by molar-refractivity contribution is 7.91. The van der Waals surface area contributed by atoms with Crippen molar-refractivity contribution in [2.24, 2.45) is 0 Å². The van der Waals surface area contributed by atoms with E-state index in [1.807, 2.05) is 6.92 Å². The van der Waals surface area contributed by atoms with E-state index in [2.05, 4.69) is 4.72 Å². The molecule has 0 aromatic carbocycles. The van der Waals surface area contributed by atoms with Crippen LogP contribution >= 0.6 is 11.3 Å². The zero-order valence-corrected chi connectivity index (χ0v) is 13.1. The van der Waals surface area contributed by atoms with Gasteiger partial charge in [-0.15, -0.1) is 11.3 Å². The standard InChI is InChI=1S/C12H18N2O4S2/c1-9-3-4-11(19-9)20(16,17)13-10(2)12(15)14-5-7-18-8-6-14/h3-4,10,13H,5-8H2,1-2H3. The number of morpholine rings is 1. The number of sulfonamides is 1. The first-order valence-electron chi connectivity index (χ1n) is 6.35. The number of hydrogen-bond donors (Lipinski definition) is 1. The van der Waals surface area contributed by atoms with Gasteiger partial charge in [-0.05, 0) is 26.0 Å². The van der Waals surface area contributed by atoms with E-state index in [1.54, 1.807) is 24.0 Å². The van der Waals surface area contributed by atoms with Crippen molar-refractivity contribution in [2.75, 3.05) is 26.3 Å². The highest BCUT2D eigenvalue weighted by Crippen LogP contribution is 2.20. The molecule has 2 rings (SSSR count). The van der Waals surface area contributed by atoms with Gasteiger partial charge in [0.25, 0.3) is 10.0 Å². The Labute approximate surface area is 122 Å². The summed E-state index contributed by atoms with van der Waals surface area (Å²) in [6.45, 7) is 5.40. The number of nitrogens with one attached hydrogen (secondary N) is 1. The SMILES string of the molecule is Cc1ccc(S(=O)(=O)NC(C)C(=O)N2CCOCC2)s1. The average Bonchev–Trinajstić information content (AvgIpc) is 2.86. The van der Waals surface area contributed by atoms with Crippen molar-refractivity contribution in [1.82, 2.24) is 9.62 Å². The lowest BCUT2D eigenvalue weighted by Crippen LogP contribution is -2.50. The molecule has 0 spiro atoms. The van der Waals surface area contributed by atoms with E-state index >= 15 is 0 Å². The first kappa shape index (κ1) is 15.4. The van der Waals surface area contributed by atoms with Crippen LogP contribution in [0.5, 0.6) is 0 Å². The Bertz CT molecular complexity index is 576. The van der Waals surface area contributed by atoms with Crippen molar-refractivity contribution in [1.29, 1.82) is 0 Å². The van der Waals surface area contributed by atoms with Crippen LogP contribution in [0, 0.1) is 6.92 Å². The van der Waals surface area contributed by atoms with Crippen molar-refractivity contribution in [2.45, 2.75) is 24.1 Å². The first-order chi connectivity index (χ1) is 9.40. The second-order valence-electron chi connectivity index (χ2n) is 4.65. The zero-order valence-electron chi connectivity index (χ0n) is 11.5. The largest absolute Gasteiger partial charge is 0.378 e. The molecule has 112 valence electrons. The Balaban J connectivity index is 2.03. The van der Waals surface area contributed by atoms with Gasteiger partial charge in [0.2, 0.25) is 5.91 Å². The number of carbonyl (C=O) groups is 1. The van der Waals surface area contributed by atoms with Gasteiger partial charge in [-0.2, -0.15) is 4.72 Å². The maximum absolute atomic E-state index is 12.2. The Morgan fingerprint density at radius 2 is 2.05 bits per heavy atom. The van der Waals surface area contributed by atoms with Crippen molar-refractivity contribution in [3.63, 3.8) is 0 Å². The highest BCUT2D eigenvalue weighted by Gasteiger charge is 2.27. The third kappa shape index (κ3) is 3.57. The summed E-state index contributed by atoms with van der Waals surface area (Å²) < 4.78 is 32.1. The minimum atomic E-state index is -3.63. The van der Waals surface area contributed by atoms with Gasteiger partial charge in [-0.1, -0.05) is 0 Å². The van der Waals surface area contributed by atoms with Gasteiger partial charge in [0.05, 0.1) is 19.3 Å². The van der Waals surface area contributed by atoms with Gasteiger partial charge in [0.15, 0.2) is 0 Å². The number of nitrogens with zero attached hydrogens (tertiary/aromatic N) is 1. The molecule has 1 N–H and O–H groups in total. The predicted octanol–water partition coefficient (Wildman–Crippen LogP) is 0.582. The fraction of sp³-hybridized carbons (Fsp3) is 0.583. The molecule has 1 saturated heterocycles. The second kappa shape index (κ2) is 6.21. The number of hydrogen-bond acceptors (Lipinski definition) is 5. The fourth-order valence-corrected chi connectivity index (χ4v) is 4.45. The molecule has 1 amide bonds. The third-order valence-corrected chi connectivity index (χ3v) is 6.04. The van der Waals surface area contributed by atoms with Crippen LogP contribution in [-0.4, -0.2) is 51.6 Å². The minimum absolute atomic E-state index is 0.217. The van der Waals surface area contributed by atoms with E-state index < -0.39 is 16.1 Å². The predicted molar refractivity (Wildman–Crippen MR) is 76.2 cm³/mol.